The third-order valence-corrected chi connectivity index (χ3v) is 7.57. The smallest absolute Gasteiger partial charge is 0.257 e. The normalized spacial score (nSPS) is 18.0. The minimum Gasteiger partial charge on any atom is -0.339 e. The zero-order valence-corrected chi connectivity index (χ0v) is 20.5. The molecular weight excluding hydrogens is 424 g/mol. The van der Waals surface area contributed by atoms with Gasteiger partial charge in [0.2, 0.25) is 0 Å². The van der Waals surface area contributed by atoms with Gasteiger partial charge in [0.05, 0.1) is 17.3 Å². The van der Waals surface area contributed by atoms with Crippen LogP contribution < -0.4 is 0 Å². The number of carbonyl (C=O) groups excluding carboxylic acids is 2. The van der Waals surface area contributed by atoms with Crippen molar-refractivity contribution in [2.24, 2.45) is 5.92 Å². The number of likely N-dealkylation sites (tertiary alicyclic amines) is 2. The molecule has 2 aromatic heterocycles. The van der Waals surface area contributed by atoms with Crippen LogP contribution in [0.2, 0.25) is 0 Å². The maximum Gasteiger partial charge on any atom is 0.257 e. The van der Waals surface area contributed by atoms with Crippen molar-refractivity contribution >= 4 is 17.3 Å². The molecule has 6 heteroatoms. The average molecular weight is 459 g/mol. The summed E-state index contributed by atoms with van der Waals surface area (Å²) in [6, 6.07) is 10.3. The number of piperidine rings is 2. The summed E-state index contributed by atoms with van der Waals surface area (Å²) in [6.07, 6.45) is 7.66. The van der Waals surface area contributed by atoms with Crippen LogP contribution in [0.1, 0.15) is 75.9 Å². The van der Waals surface area contributed by atoms with Crippen molar-refractivity contribution < 1.29 is 9.59 Å². The summed E-state index contributed by atoms with van der Waals surface area (Å²) in [4.78, 5) is 30.2. The standard InChI is InChI=1S/C28H34N4O2/c1-19-4-9-31(10-5-19)28(34)25-18-29-32-13-8-23(17-26(25)32)22-6-11-30(12-7-22)27(33)24-15-20(2)14-21(3)16-24/h8,13-19,22H,4-7,9-12H2,1-3H3. The minimum atomic E-state index is 0.0907. The fraction of sp³-hybridized carbons (Fsp3) is 0.464. The highest BCUT2D eigenvalue weighted by Gasteiger charge is 2.27. The number of rotatable bonds is 3. The zero-order chi connectivity index (χ0) is 23.8. The Morgan fingerprint density at radius 2 is 1.47 bits per heavy atom. The summed E-state index contributed by atoms with van der Waals surface area (Å²) in [6.45, 7) is 9.47. The highest BCUT2D eigenvalue weighted by molar-refractivity contribution is 6.00. The Balaban J connectivity index is 1.29. The lowest BCUT2D eigenvalue weighted by Crippen LogP contribution is -2.38. The number of hydrogen-bond acceptors (Lipinski definition) is 3. The number of amides is 2. The summed E-state index contributed by atoms with van der Waals surface area (Å²) in [5.41, 5.74) is 5.84. The number of hydrogen-bond donors (Lipinski definition) is 0. The Kier molecular flexibility index (Phi) is 6.15. The van der Waals surface area contributed by atoms with Gasteiger partial charge in [-0.05, 0) is 81.2 Å². The highest BCUT2D eigenvalue weighted by Crippen LogP contribution is 2.30. The van der Waals surface area contributed by atoms with E-state index in [1.165, 1.54) is 5.56 Å². The molecule has 0 unspecified atom stereocenters. The SMILES string of the molecule is Cc1cc(C)cc(C(=O)N2CCC(c3ccn4ncc(C(=O)N5CCC(C)CC5)c4c3)CC2)c1. The van der Waals surface area contributed by atoms with E-state index in [4.69, 9.17) is 0 Å². The molecule has 0 N–H and O–H groups in total. The molecule has 4 heterocycles. The van der Waals surface area contributed by atoms with E-state index in [1.807, 2.05) is 46.5 Å². The first kappa shape index (κ1) is 22.6. The van der Waals surface area contributed by atoms with Crippen molar-refractivity contribution in [3.05, 3.63) is 70.5 Å². The first-order valence-electron chi connectivity index (χ1n) is 12.5. The summed E-state index contributed by atoms with van der Waals surface area (Å²) in [5.74, 6) is 1.28. The fourth-order valence-corrected chi connectivity index (χ4v) is 5.49. The van der Waals surface area contributed by atoms with Crippen LogP contribution in [-0.4, -0.2) is 57.4 Å². The number of aryl methyl sites for hydroxylation is 2. The Morgan fingerprint density at radius 1 is 0.853 bits per heavy atom. The van der Waals surface area contributed by atoms with Gasteiger partial charge >= 0.3 is 0 Å². The van der Waals surface area contributed by atoms with Crippen molar-refractivity contribution in [1.29, 1.82) is 0 Å². The first-order valence-corrected chi connectivity index (χ1v) is 12.5. The number of nitrogens with zero attached hydrogens (tertiary/aromatic N) is 4. The van der Waals surface area contributed by atoms with Gasteiger partial charge in [0.15, 0.2) is 0 Å². The quantitative estimate of drug-likeness (QED) is 0.564. The largest absolute Gasteiger partial charge is 0.339 e. The van der Waals surface area contributed by atoms with Crippen LogP contribution in [0.15, 0.2) is 42.7 Å². The van der Waals surface area contributed by atoms with Crippen molar-refractivity contribution in [3.8, 4) is 0 Å². The van der Waals surface area contributed by atoms with Crippen LogP contribution in [-0.2, 0) is 0 Å². The van der Waals surface area contributed by atoms with Crippen molar-refractivity contribution in [2.75, 3.05) is 26.2 Å². The predicted octanol–water partition coefficient (Wildman–Crippen LogP) is 4.84. The van der Waals surface area contributed by atoms with Crippen LogP contribution in [0.3, 0.4) is 0 Å². The Morgan fingerprint density at radius 3 is 2.15 bits per heavy atom. The van der Waals surface area contributed by atoms with E-state index >= 15 is 0 Å². The lowest BCUT2D eigenvalue weighted by molar-refractivity contribution is 0.0695. The van der Waals surface area contributed by atoms with Gasteiger partial charge < -0.3 is 9.80 Å². The Bertz CT molecular complexity index is 1190. The van der Waals surface area contributed by atoms with Gasteiger partial charge in [-0.1, -0.05) is 24.1 Å². The minimum absolute atomic E-state index is 0.0907. The number of pyridine rings is 1. The maximum absolute atomic E-state index is 13.2. The number of fused-ring (bicyclic) bond motifs is 1. The molecule has 2 aliphatic heterocycles. The molecule has 178 valence electrons. The van der Waals surface area contributed by atoms with E-state index in [9.17, 15) is 9.59 Å². The molecule has 0 bridgehead atoms. The van der Waals surface area contributed by atoms with E-state index in [0.29, 0.717) is 17.4 Å². The van der Waals surface area contributed by atoms with E-state index in [0.717, 1.165) is 74.1 Å². The molecule has 2 fully saturated rings. The van der Waals surface area contributed by atoms with Gasteiger partial charge in [0.1, 0.15) is 0 Å². The van der Waals surface area contributed by atoms with Crippen LogP contribution in [0.4, 0.5) is 0 Å². The molecule has 2 aliphatic rings. The van der Waals surface area contributed by atoms with Gasteiger partial charge in [-0.25, -0.2) is 4.52 Å². The third-order valence-electron chi connectivity index (χ3n) is 7.57. The van der Waals surface area contributed by atoms with E-state index in [1.54, 1.807) is 6.20 Å². The van der Waals surface area contributed by atoms with E-state index < -0.39 is 0 Å². The lowest BCUT2D eigenvalue weighted by Gasteiger charge is -2.32. The number of carbonyl (C=O) groups is 2. The summed E-state index contributed by atoms with van der Waals surface area (Å²) in [7, 11) is 0. The number of benzene rings is 1. The monoisotopic (exact) mass is 458 g/mol. The van der Waals surface area contributed by atoms with Crippen LogP contribution in [0.25, 0.3) is 5.52 Å². The van der Waals surface area contributed by atoms with Gasteiger partial charge in [-0.15, -0.1) is 0 Å². The van der Waals surface area contributed by atoms with Crippen LogP contribution in [0, 0.1) is 19.8 Å². The molecule has 0 aliphatic carbocycles. The zero-order valence-electron chi connectivity index (χ0n) is 20.5. The van der Waals surface area contributed by atoms with Crippen molar-refractivity contribution in [3.63, 3.8) is 0 Å². The summed E-state index contributed by atoms with van der Waals surface area (Å²) in [5, 5.41) is 4.44. The van der Waals surface area contributed by atoms with Gasteiger partial charge in [-0.3, -0.25) is 9.59 Å². The molecule has 3 aromatic rings. The van der Waals surface area contributed by atoms with Crippen LogP contribution >= 0.6 is 0 Å². The molecule has 5 rings (SSSR count). The van der Waals surface area contributed by atoms with E-state index in [-0.39, 0.29) is 11.8 Å². The first-order chi connectivity index (χ1) is 16.4. The summed E-state index contributed by atoms with van der Waals surface area (Å²) < 4.78 is 1.81. The molecule has 0 saturated carbocycles. The average Bonchev–Trinajstić information content (AvgIpc) is 3.26. The molecule has 0 atom stereocenters. The Labute approximate surface area is 201 Å². The van der Waals surface area contributed by atoms with Crippen molar-refractivity contribution in [2.45, 2.75) is 52.4 Å². The molecule has 34 heavy (non-hydrogen) atoms. The topological polar surface area (TPSA) is 57.9 Å². The molecule has 1 aromatic carbocycles. The van der Waals surface area contributed by atoms with Gasteiger partial charge in [0, 0.05) is 37.9 Å². The highest BCUT2D eigenvalue weighted by atomic mass is 16.2. The molecule has 6 nitrogen and oxygen atoms in total. The van der Waals surface area contributed by atoms with Crippen LogP contribution in [0.5, 0.6) is 0 Å². The lowest BCUT2D eigenvalue weighted by atomic mass is 9.89. The predicted molar refractivity (Wildman–Crippen MR) is 133 cm³/mol. The molecule has 2 amide bonds. The van der Waals surface area contributed by atoms with Crippen molar-refractivity contribution in [1.82, 2.24) is 19.4 Å². The Hall–Kier alpha value is -3.15. The van der Waals surface area contributed by atoms with Gasteiger partial charge in [0.25, 0.3) is 11.8 Å². The second-order valence-electron chi connectivity index (χ2n) is 10.3. The fourth-order valence-electron chi connectivity index (χ4n) is 5.49. The maximum atomic E-state index is 13.2. The molecule has 2 saturated heterocycles. The third kappa shape index (κ3) is 4.46. The second kappa shape index (κ2) is 9.24. The summed E-state index contributed by atoms with van der Waals surface area (Å²) >= 11 is 0. The number of aromatic nitrogens is 2. The molecule has 0 radical (unpaired) electrons. The van der Waals surface area contributed by atoms with Gasteiger partial charge in [-0.2, -0.15) is 5.10 Å². The molecular formula is C28H34N4O2. The second-order valence-corrected chi connectivity index (χ2v) is 10.3. The molecule has 0 spiro atoms. The van der Waals surface area contributed by atoms with E-state index in [2.05, 4.69) is 30.2 Å².